The molecule has 0 N–H and O–H groups in total. The molecule has 0 aliphatic heterocycles. The summed E-state index contributed by atoms with van der Waals surface area (Å²) in [7, 11) is 1.60. The van der Waals surface area contributed by atoms with Crippen molar-refractivity contribution in [3.8, 4) is 11.8 Å². The first-order valence-corrected chi connectivity index (χ1v) is 6.07. The molecule has 0 spiro atoms. The maximum absolute atomic E-state index is 10.8. The number of ether oxygens (including phenoxy) is 2. The first-order valence-electron chi connectivity index (χ1n) is 6.07. The lowest BCUT2D eigenvalue weighted by molar-refractivity contribution is -0.140. The van der Waals surface area contributed by atoms with E-state index in [0.29, 0.717) is 26.1 Å². The van der Waals surface area contributed by atoms with Crippen LogP contribution in [-0.4, -0.2) is 32.8 Å². The largest absolute Gasteiger partial charge is 0.495 e. The molecular formula is C14H18N2O3. The number of hydrogen-bond donors (Lipinski definition) is 0. The number of benzene rings is 1. The van der Waals surface area contributed by atoms with Gasteiger partial charge < -0.3 is 14.4 Å². The van der Waals surface area contributed by atoms with Gasteiger partial charge in [0.1, 0.15) is 12.4 Å². The molecule has 0 unspecified atom stereocenters. The lowest BCUT2D eigenvalue weighted by Gasteiger charge is -2.25. The summed E-state index contributed by atoms with van der Waals surface area (Å²) in [6, 6.07) is 9.69. The number of carbonyl (C=O) groups is 1. The lowest BCUT2D eigenvalue weighted by Crippen LogP contribution is -2.29. The Kier molecular flexibility index (Phi) is 6.23. The molecule has 5 heteroatoms. The Morgan fingerprint density at radius 2 is 2.11 bits per heavy atom. The molecule has 5 nitrogen and oxygen atoms in total. The van der Waals surface area contributed by atoms with Gasteiger partial charge in [0.15, 0.2) is 0 Å². The van der Waals surface area contributed by atoms with Crippen LogP contribution in [0.4, 0.5) is 5.69 Å². The van der Waals surface area contributed by atoms with E-state index in [9.17, 15) is 4.79 Å². The number of anilines is 1. The van der Waals surface area contributed by atoms with Gasteiger partial charge in [-0.2, -0.15) is 5.26 Å². The number of nitriles is 1. The fourth-order valence-electron chi connectivity index (χ4n) is 1.73. The molecule has 0 aromatic heterocycles. The van der Waals surface area contributed by atoms with Crippen LogP contribution in [-0.2, 0) is 9.53 Å². The first-order chi connectivity index (χ1) is 9.19. The van der Waals surface area contributed by atoms with E-state index < -0.39 is 0 Å². The fourth-order valence-corrected chi connectivity index (χ4v) is 1.73. The molecule has 0 saturated heterocycles. The molecule has 1 rings (SSSR count). The van der Waals surface area contributed by atoms with Crippen molar-refractivity contribution in [3.63, 3.8) is 0 Å². The number of carbonyl (C=O) groups excluding carboxylic acids is 1. The Balaban J connectivity index is 2.77. The predicted octanol–water partition coefficient (Wildman–Crippen LogP) is 1.98. The van der Waals surface area contributed by atoms with Crippen LogP contribution in [0.25, 0.3) is 0 Å². The van der Waals surface area contributed by atoms with Crippen LogP contribution in [0.3, 0.4) is 0 Å². The Morgan fingerprint density at radius 3 is 2.74 bits per heavy atom. The summed E-state index contributed by atoms with van der Waals surface area (Å²) >= 11 is 0. The van der Waals surface area contributed by atoms with Gasteiger partial charge in [0, 0.05) is 13.5 Å². The topological polar surface area (TPSA) is 62.6 Å². The summed E-state index contributed by atoms with van der Waals surface area (Å²) in [4.78, 5) is 12.8. The molecule has 1 aromatic carbocycles. The molecule has 0 radical (unpaired) electrons. The van der Waals surface area contributed by atoms with Crippen LogP contribution in [0, 0.1) is 11.3 Å². The second kappa shape index (κ2) is 7.98. The maximum Gasteiger partial charge on any atom is 0.302 e. The second-order valence-electron chi connectivity index (χ2n) is 3.91. The quantitative estimate of drug-likeness (QED) is 0.703. The molecule has 0 atom stereocenters. The molecule has 19 heavy (non-hydrogen) atoms. The van der Waals surface area contributed by atoms with Gasteiger partial charge in [-0.1, -0.05) is 12.1 Å². The highest BCUT2D eigenvalue weighted by atomic mass is 16.5. The summed E-state index contributed by atoms with van der Waals surface area (Å²) in [6.45, 7) is 2.77. The third-order valence-electron chi connectivity index (χ3n) is 2.59. The van der Waals surface area contributed by atoms with Crippen molar-refractivity contribution < 1.29 is 14.3 Å². The SMILES string of the molecule is COc1ccccc1N(CCC#N)CCOC(C)=O. The van der Waals surface area contributed by atoms with Gasteiger partial charge in [-0.25, -0.2) is 0 Å². The van der Waals surface area contributed by atoms with E-state index in [1.165, 1.54) is 6.92 Å². The van der Waals surface area contributed by atoms with Crippen molar-refractivity contribution in [2.75, 3.05) is 31.7 Å². The summed E-state index contributed by atoms with van der Waals surface area (Å²) in [5.41, 5.74) is 0.896. The molecule has 0 amide bonds. The van der Waals surface area contributed by atoms with Crippen molar-refractivity contribution in [2.45, 2.75) is 13.3 Å². The van der Waals surface area contributed by atoms with E-state index in [0.717, 1.165) is 11.4 Å². The highest BCUT2D eigenvalue weighted by Crippen LogP contribution is 2.27. The molecule has 0 heterocycles. The van der Waals surface area contributed by atoms with Gasteiger partial charge in [-0.05, 0) is 12.1 Å². The molecule has 0 saturated carbocycles. The monoisotopic (exact) mass is 262 g/mol. The summed E-state index contributed by atoms with van der Waals surface area (Å²) in [6.07, 6.45) is 0.401. The molecule has 0 aliphatic carbocycles. The highest BCUT2D eigenvalue weighted by molar-refractivity contribution is 5.66. The van der Waals surface area contributed by atoms with Crippen LogP contribution in [0.15, 0.2) is 24.3 Å². The first kappa shape index (κ1) is 14.8. The van der Waals surface area contributed by atoms with Gasteiger partial charge >= 0.3 is 5.97 Å². The minimum absolute atomic E-state index is 0.290. The third kappa shape index (κ3) is 4.88. The van der Waals surface area contributed by atoms with E-state index in [2.05, 4.69) is 6.07 Å². The van der Waals surface area contributed by atoms with Crippen molar-refractivity contribution in [1.29, 1.82) is 5.26 Å². The number of nitrogens with zero attached hydrogens (tertiary/aromatic N) is 2. The van der Waals surface area contributed by atoms with E-state index in [1.807, 2.05) is 29.2 Å². The van der Waals surface area contributed by atoms with Crippen LogP contribution < -0.4 is 9.64 Å². The zero-order chi connectivity index (χ0) is 14.1. The van der Waals surface area contributed by atoms with Crippen molar-refractivity contribution in [2.24, 2.45) is 0 Å². The molecule has 1 aromatic rings. The normalized spacial score (nSPS) is 9.53. The van der Waals surface area contributed by atoms with Crippen molar-refractivity contribution in [3.05, 3.63) is 24.3 Å². The van der Waals surface area contributed by atoms with Crippen LogP contribution in [0.2, 0.25) is 0 Å². The van der Waals surface area contributed by atoms with Gasteiger partial charge in [-0.3, -0.25) is 4.79 Å². The maximum atomic E-state index is 10.8. The average Bonchev–Trinajstić information content (AvgIpc) is 2.42. The van der Waals surface area contributed by atoms with E-state index in [4.69, 9.17) is 14.7 Å². The molecule has 0 fully saturated rings. The van der Waals surface area contributed by atoms with Gasteiger partial charge in [0.2, 0.25) is 0 Å². The molecular weight excluding hydrogens is 244 g/mol. The fraction of sp³-hybridized carbons (Fsp3) is 0.429. The second-order valence-corrected chi connectivity index (χ2v) is 3.91. The third-order valence-corrected chi connectivity index (χ3v) is 2.59. The van der Waals surface area contributed by atoms with Crippen LogP contribution in [0.5, 0.6) is 5.75 Å². The Morgan fingerprint density at radius 1 is 1.37 bits per heavy atom. The predicted molar refractivity (Wildman–Crippen MR) is 72.1 cm³/mol. The highest BCUT2D eigenvalue weighted by Gasteiger charge is 2.11. The molecule has 0 bridgehead atoms. The van der Waals surface area contributed by atoms with E-state index >= 15 is 0 Å². The number of para-hydroxylation sites is 2. The van der Waals surface area contributed by atoms with Gasteiger partial charge in [0.05, 0.1) is 31.8 Å². The van der Waals surface area contributed by atoms with Crippen molar-refractivity contribution in [1.82, 2.24) is 0 Å². The number of rotatable bonds is 7. The van der Waals surface area contributed by atoms with Gasteiger partial charge in [-0.15, -0.1) is 0 Å². The van der Waals surface area contributed by atoms with E-state index in [-0.39, 0.29) is 5.97 Å². The van der Waals surface area contributed by atoms with Crippen LogP contribution >= 0.6 is 0 Å². The zero-order valence-corrected chi connectivity index (χ0v) is 11.3. The van der Waals surface area contributed by atoms with Crippen LogP contribution in [0.1, 0.15) is 13.3 Å². The van der Waals surface area contributed by atoms with Gasteiger partial charge in [0.25, 0.3) is 0 Å². The number of methoxy groups -OCH3 is 1. The lowest BCUT2D eigenvalue weighted by atomic mass is 10.2. The summed E-state index contributed by atoms with van der Waals surface area (Å²) in [5, 5.41) is 8.71. The number of hydrogen-bond acceptors (Lipinski definition) is 5. The zero-order valence-electron chi connectivity index (χ0n) is 11.3. The average molecular weight is 262 g/mol. The molecule has 102 valence electrons. The minimum Gasteiger partial charge on any atom is -0.495 e. The van der Waals surface area contributed by atoms with Crippen molar-refractivity contribution >= 4 is 11.7 Å². The molecule has 0 aliphatic rings. The number of esters is 1. The summed E-state index contributed by atoms with van der Waals surface area (Å²) < 4.78 is 10.2. The minimum atomic E-state index is -0.305. The Hall–Kier alpha value is -2.22. The van der Waals surface area contributed by atoms with E-state index in [1.54, 1.807) is 7.11 Å². The summed E-state index contributed by atoms with van der Waals surface area (Å²) in [5.74, 6) is 0.434. The Labute approximate surface area is 113 Å². The standard InChI is InChI=1S/C14H18N2O3/c1-12(17)19-11-10-16(9-5-8-15)13-6-3-4-7-14(13)18-2/h3-4,6-7H,5,9-11H2,1-2H3. The Bertz CT molecular complexity index is 454. The smallest absolute Gasteiger partial charge is 0.302 e.